The lowest BCUT2D eigenvalue weighted by molar-refractivity contribution is 0.0779. The van der Waals surface area contributed by atoms with E-state index in [1.54, 1.807) is 36.5 Å². The van der Waals surface area contributed by atoms with Gasteiger partial charge in [0.25, 0.3) is 5.91 Å². The van der Waals surface area contributed by atoms with Crippen LogP contribution in [0.4, 0.5) is 0 Å². The van der Waals surface area contributed by atoms with Crippen molar-refractivity contribution in [3.8, 4) is 5.75 Å². The van der Waals surface area contributed by atoms with Gasteiger partial charge in [-0.1, -0.05) is 38.1 Å². The lowest BCUT2D eigenvalue weighted by atomic mass is 10.0. The minimum absolute atomic E-state index is 0.0661. The van der Waals surface area contributed by atoms with Crippen molar-refractivity contribution < 1.29 is 9.53 Å². The van der Waals surface area contributed by atoms with Gasteiger partial charge < -0.3 is 14.2 Å². The Balaban J connectivity index is 1.37. The van der Waals surface area contributed by atoms with Crippen LogP contribution in [0, 0.1) is 0 Å². The fourth-order valence-electron chi connectivity index (χ4n) is 4.00. The molecular formula is C28H32N4O2. The summed E-state index contributed by atoms with van der Waals surface area (Å²) in [6.45, 7) is 6.30. The number of amides is 1. The molecule has 0 fully saturated rings. The molecule has 0 bridgehead atoms. The average Bonchev–Trinajstić information content (AvgIpc) is 3.21. The number of aryl methyl sites for hydroxylation is 1. The Labute approximate surface area is 201 Å². The zero-order valence-corrected chi connectivity index (χ0v) is 20.1. The van der Waals surface area contributed by atoms with Crippen molar-refractivity contribution in [2.45, 2.75) is 45.7 Å². The third-order valence-electron chi connectivity index (χ3n) is 5.96. The lowest BCUT2D eigenvalue weighted by Crippen LogP contribution is -2.28. The van der Waals surface area contributed by atoms with Crippen molar-refractivity contribution in [1.29, 1.82) is 0 Å². The number of nitrogens with zero attached hydrogens (tertiary/aromatic N) is 4. The fourth-order valence-corrected chi connectivity index (χ4v) is 4.00. The molecule has 0 atom stereocenters. The number of hydrogen-bond acceptors (Lipinski definition) is 4. The Kier molecular flexibility index (Phi) is 7.58. The van der Waals surface area contributed by atoms with E-state index in [2.05, 4.69) is 41.6 Å². The van der Waals surface area contributed by atoms with Crippen LogP contribution in [0.2, 0.25) is 0 Å². The molecule has 2 heterocycles. The monoisotopic (exact) mass is 456 g/mol. The highest BCUT2D eigenvalue weighted by molar-refractivity contribution is 5.93. The second-order valence-corrected chi connectivity index (χ2v) is 8.85. The highest BCUT2D eigenvalue weighted by atomic mass is 16.5. The van der Waals surface area contributed by atoms with Crippen LogP contribution in [0.25, 0.3) is 11.0 Å². The Bertz CT molecular complexity index is 1220. The van der Waals surface area contributed by atoms with Crippen molar-refractivity contribution in [3.63, 3.8) is 0 Å². The summed E-state index contributed by atoms with van der Waals surface area (Å²) in [4.78, 5) is 23.4. The van der Waals surface area contributed by atoms with Crippen molar-refractivity contribution in [2.75, 3.05) is 13.7 Å². The molecule has 0 aliphatic heterocycles. The van der Waals surface area contributed by atoms with Gasteiger partial charge in [-0.2, -0.15) is 0 Å². The minimum Gasteiger partial charge on any atom is -0.494 e. The molecule has 0 saturated carbocycles. The normalized spacial score (nSPS) is 11.2. The van der Waals surface area contributed by atoms with Crippen LogP contribution in [0.15, 0.2) is 73.1 Å². The molecule has 2 aromatic heterocycles. The molecule has 0 aliphatic carbocycles. The molecule has 0 spiro atoms. The molecule has 6 heteroatoms. The van der Waals surface area contributed by atoms with E-state index in [0.717, 1.165) is 42.0 Å². The predicted octanol–water partition coefficient (Wildman–Crippen LogP) is 5.69. The van der Waals surface area contributed by atoms with Crippen molar-refractivity contribution in [1.82, 2.24) is 19.4 Å². The standard InChI is InChI=1S/C28H32N4O2/c1-21(2)22-12-14-24(15-13-22)34-18-7-6-17-32-26-11-5-4-10-25(26)30-27(32)20-31(3)28(33)23-9-8-16-29-19-23/h4-5,8-16,19,21H,6-7,17-18,20H2,1-3H3. The Hall–Kier alpha value is -3.67. The SMILES string of the molecule is CC(C)c1ccc(OCCCCn2c(CN(C)C(=O)c3cccnc3)nc3ccccc32)cc1. The zero-order chi connectivity index (χ0) is 23.9. The molecule has 2 aromatic carbocycles. The molecule has 4 rings (SSSR count). The quantitative estimate of drug-likeness (QED) is 0.288. The molecule has 0 saturated heterocycles. The summed E-state index contributed by atoms with van der Waals surface area (Å²) in [5.41, 5.74) is 3.93. The van der Waals surface area contributed by atoms with Crippen LogP contribution in [0.5, 0.6) is 5.75 Å². The second-order valence-electron chi connectivity index (χ2n) is 8.85. The number of hydrogen-bond donors (Lipinski definition) is 0. The summed E-state index contributed by atoms with van der Waals surface area (Å²) in [5.74, 6) is 2.25. The van der Waals surface area contributed by atoms with Gasteiger partial charge in [-0.3, -0.25) is 9.78 Å². The number of imidazole rings is 1. The number of ether oxygens (including phenoxy) is 1. The molecule has 34 heavy (non-hydrogen) atoms. The van der Waals surface area contributed by atoms with E-state index in [0.29, 0.717) is 24.6 Å². The van der Waals surface area contributed by atoms with E-state index in [9.17, 15) is 4.79 Å². The van der Waals surface area contributed by atoms with Gasteiger partial charge in [-0.25, -0.2) is 4.98 Å². The molecule has 0 unspecified atom stereocenters. The van der Waals surface area contributed by atoms with E-state index in [1.165, 1.54) is 5.56 Å². The largest absolute Gasteiger partial charge is 0.494 e. The molecule has 0 N–H and O–H groups in total. The predicted molar refractivity (Wildman–Crippen MR) is 135 cm³/mol. The number of unbranched alkanes of at least 4 members (excludes halogenated alkanes) is 1. The third kappa shape index (κ3) is 5.63. The van der Waals surface area contributed by atoms with Gasteiger partial charge in [0.15, 0.2) is 0 Å². The highest BCUT2D eigenvalue weighted by Crippen LogP contribution is 2.20. The summed E-state index contributed by atoms with van der Waals surface area (Å²) in [6.07, 6.45) is 5.15. The van der Waals surface area contributed by atoms with Crippen molar-refractivity contribution >= 4 is 16.9 Å². The van der Waals surface area contributed by atoms with Crippen LogP contribution in [0.1, 0.15) is 54.4 Å². The maximum Gasteiger partial charge on any atom is 0.255 e. The summed E-state index contributed by atoms with van der Waals surface area (Å²) in [5, 5.41) is 0. The van der Waals surface area contributed by atoms with Gasteiger partial charge in [0.05, 0.1) is 29.7 Å². The van der Waals surface area contributed by atoms with Crippen molar-refractivity contribution in [2.24, 2.45) is 0 Å². The summed E-state index contributed by atoms with van der Waals surface area (Å²) < 4.78 is 8.16. The first-order valence-electron chi connectivity index (χ1n) is 11.9. The second kappa shape index (κ2) is 11.0. The van der Waals surface area contributed by atoms with E-state index in [-0.39, 0.29) is 5.91 Å². The van der Waals surface area contributed by atoms with Gasteiger partial charge in [-0.15, -0.1) is 0 Å². The molecule has 1 amide bonds. The number of para-hydroxylation sites is 2. The first-order valence-corrected chi connectivity index (χ1v) is 11.9. The first kappa shape index (κ1) is 23.5. The Morgan fingerprint density at radius 1 is 1.03 bits per heavy atom. The maximum atomic E-state index is 12.8. The molecular weight excluding hydrogens is 424 g/mol. The lowest BCUT2D eigenvalue weighted by Gasteiger charge is -2.18. The number of pyridine rings is 1. The van der Waals surface area contributed by atoms with Crippen LogP contribution in [-0.4, -0.2) is 39.0 Å². The van der Waals surface area contributed by atoms with Crippen LogP contribution >= 0.6 is 0 Å². The molecule has 0 radical (unpaired) electrons. The topological polar surface area (TPSA) is 60.2 Å². The van der Waals surface area contributed by atoms with Crippen molar-refractivity contribution in [3.05, 3.63) is 90.0 Å². The van der Waals surface area contributed by atoms with E-state index >= 15 is 0 Å². The summed E-state index contributed by atoms with van der Waals surface area (Å²) in [6, 6.07) is 20.0. The van der Waals surface area contributed by atoms with E-state index in [4.69, 9.17) is 9.72 Å². The van der Waals surface area contributed by atoms with Gasteiger partial charge in [0.1, 0.15) is 11.6 Å². The van der Waals surface area contributed by atoms with Gasteiger partial charge in [0, 0.05) is 26.0 Å². The fraction of sp³-hybridized carbons (Fsp3) is 0.321. The Morgan fingerprint density at radius 2 is 1.82 bits per heavy atom. The number of aromatic nitrogens is 3. The van der Waals surface area contributed by atoms with Crippen LogP contribution in [0.3, 0.4) is 0 Å². The number of carbonyl (C=O) groups excluding carboxylic acids is 1. The molecule has 176 valence electrons. The first-order chi connectivity index (χ1) is 16.5. The summed E-state index contributed by atoms with van der Waals surface area (Å²) in [7, 11) is 1.80. The molecule has 0 aliphatic rings. The third-order valence-corrected chi connectivity index (χ3v) is 5.96. The highest BCUT2D eigenvalue weighted by Gasteiger charge is 2.17. The van der Waals surface area contributed by atoms with Crippen LogP contribution in [-0.2, 0) is 13.1 Å². The molecule has 4 aromatic rings. The minimum atomic E-state index is -0.0661. The van der Waals surface area contributed by atoms with E-state index in [1.807, 2.05) is 30.3 Å². The number of benzene rings is 2. The average molecular weight is 457 g/mol. The Morgan fingerprint density at radius 3 is 2.56 bits per heavy atom. The zero-order valence-electron chi connectivity index (χ0n) is 20.1. The maximum absolute atomic E-state index is 12.8. The summed E-state index contributed by atoms with van der Waals surface area (Å²) >= 11 is 0. The number of carbonyl (C=O) groups is 1. The van der Waals surface area contributed by atoms with E-state index < -0.39 is 0 Å². The van der Waals surface area contributed by atoms with Gasteiger partial charge in [-0.05, 0) is 60.7 Å². The van der Waals surface area contributed by atoms with Crippen LogP contribution < -0.4 is 4.74 Å². The van der Waals surface area contributed by atoms with Gasteiger partial charge in [0.2, 0.25) is 0 Å². The van der Waals surface area contributed by atoms with Gasteiger partial charge >= 0.3 is 0 Å². The number of rotatable bonds is 10. The molecule has 6 nitrogen and oxygen atoms in total. The number of fused-ring (bicyclic) bond motifs is 1. The smallest absolute Gasteiger partial charge is 0.255 e.